The van der Waals surface area contributed by atoms with Crippen molar-refractivity contribution in [2.24, 2.45) is 0 Å². The molecule has 0 aliphatic carbocycles. The van der Waals surface area contributed by atoms with Crippen molar-refractivity contribution >= 4 is 29.3 Å². The summed E-state index contributed by atoms with van der Waals surface area (Å²) in [7, 11) is 0. The summed E-state index contributed by atoms with van der Waals surface area (Å²) in [6.45, 7) is 5.00. The van der Waals surface area contributed by atoms with Crippen LogP contribution in [0.4, 0.5) is 0 Å². The number of hydrogen-bond donors (Lipinski definition) is 1. The lowest BCUT2D eigenvalue weighted by atomic mass is 10.1. The molecule has 0 aliphatic rings. The van der Waals surface area contributed by atoms with Gasteiger partial charge in [0.15, 0.2) is 0 Å². The van der Waals surface area contributed by atoms with E-state index < -0.39 is 5.54 Å². The average molecular weight is 220 g/mol. The molecule has 0 heterocycles. The number of carbonyl (C=O) groups is 1. The van der Waals surface area contributed by atoms with E-state index in [2.05, 4.69) is 17.2 Å². The minimum atomic E-state index is -0.651. The highest BCUT2D eigenvalue weighted by atomic mass is 35.5. The van der Waals surface area contributed by atoms with Crippen LogP contribution in [0.5, 0.6) is 0 Å². The van der Waals surface area contributed by atoms with Crippen molar-refractivity contribution in [1.29, 1.82) is 0 Å². The van der Waals surface area contributed by atoms with E-state index in [1.807, 2.05) is 13.2 Å². The summed E-state index contributed by atoms with van der Waals surface area (Å²) < 4.78 is -0.246. The number of thioether (sulfide) groups is 1. The standard InChI is InChI=1S/C9H14ClNOS/c1-5-6-9(3,8(10)13-4)11-7(2)12/h8H,1-4H3,(H,11,12). The summed E-state index contributed by atoms with van der Waals surface area (Å²) in [5.74, 6) is 5.55. The molecule has 0 radical (unpaired) electrons. The van der Waals surface area contributed by atoms with Crippen molar-refractivity contribution in [1.82, 2.24) is 5.32 Å². The fourth-order valence-electron chi connectivity index (χ4n) is 1.01. The van der Waals surface area contributed by atoms with Crippen LogP contribution < -0.4 is 5.32 Å². The molecule has 2 unspecified atom stereocenters. The van der Waals surface area contributed by atoms with Crippen LogP contribution in [0.1, 0.15) is 20.8 Å². The fraction of sp³-hybridized carbons (Fsp3) is 0.667. The zero-order valence-electron chi connectivity index (χ0n) is 8.27. The van der Waals surface area contributed by atoms with E-state index in [-0.39, 0.29) is 10.6 Å². The second kappa shape index (κ2) is 5.41. The van der Waals surface area contributed by atoms with Gasteiger partial charge in [0.05, 0.1) is 0 Å². The molecule has 1 N–H and O–H groups in total. The van der Waals surface area contributed by atoms with Crippen molar-refractivity contribution in [3.63, 3.8) is 0 Å². The SMILES string of the molecule is CC#CC(C)(NC(C)=O)C(Cl)SC. The van der Waals surface area contributed by atoms with Gasteiger partial charge < -0.3 is 5.32 Å². The van der Waals surface area contributed by atoms with Gasteiger partial charge in [0.25, 0.3) is 0 Å². The molecule has 74 valence electrons. The van der Waals surface area contributed by atoms with Crippen molar-refractivity contribution in [3.05, 3.63) is 0 Å². The maximum atomic E-state index is 10.9. The van der Waals surface area contributed by atoms with Gasteiger partial charge in [0.1, 0.15) is 10.2 Å². The van der Waals surface area contributed by atoms with E-state index in [1.54, 1.807) is 6.92 Å². The van der Waals surface area contributed by atoms with Crippen LogP contribution >= 0.6 is 23.4 Å². The van der Waals surface area contributed by atoms with Gasteiger partial charge >= 0.3 is 0 Å². The van der Waals surface area contributed by atoms with Crippen molar-refractivity contribution in [2.45, 2.75) is 31.0 Å². The molecule has 0 bridgehead atoms. The van der Waals surface area contributed by atoms with E-state index in [0.717, 1.165) is 0 Å². The molecule has 0 aromatic heterocycles. The van der Waals surface area contributed by atoms with E-state index in [0.29, 0.717) is 0 Å². The Morgan fingerprint density at radius 1 is 1.69 bits per heavy atom. The molecule has 13 heavy (non-hydrogen) atoms. The minimum absolute atomic E-state index is 0.120. The smallest absolute Gasteiger partial charge is 0.218 e. The minimum Gasteiger partial charge on any atom is -0.338 e. The first kappa shape index (κ1) is 12.7. The van der Waals surface area contributed by atoms with Crippen LogP contribution in [0, 0.1) is 11.8 Å². The Hall–Kier alpha value is -0.330. The maximum Gasteiger partial charge on any atom is 0.218 e. The largest absolute Gasteiger partial charge is 0.338 e. The van der Waals surface area contributed by atoms with Crippen LogP contribution in [0.15, 0.2) is 0 Å². The highest BCUT2D eigenvalue weighted by Crippen LogP contribution is 2.24. The van der Waals surface area contributed by atoms with Crippen LogP contribution in [-0.2, 0) is 4.79 Å². The number of rotatable bonds is 3. The van der Waals surface area contributed by atoms with Gasteiger partial charge in [-0.3, -0.25) is 4.79 Å². The number of halogens is 1. The van der Waals surface area contributed by atoms with Gasteiger partial charge in [-0.05, 0) is 20.1 Å². The first-order chi connectivity index (χ1) is 5.96. The number of nitrogens with one attached hydrogen (secondary N) is 1. The Labute approximate surface area is 88.8 Å². The summed E-state index contributed by atoms with van der Waals surface area (Å²) in [5.41, 5.74) is -0.651. The molecule has 0 fully saturated rings. The van der Waals surface area contributed by atoms with Crippen LogP contribution in [-0.4, -0.2) is 22.4 Å². The molecular weight excluding hydrogens is 206 g/mol. The molecule has 0 aromatic rings. The Kier molecular flexibility index (Phi) is 5.27. The van der Waals surface area contributed by atoms with Gasteiger partial charge in [-0.2, -0.15) is 0 Å². The first-order valence-corrected chi connectivity index (χ1v) is 5.58. The van der Waals surface area contributed by atoms with Gasteiger partial charge in [0.2, 0.25) is 5.91 Å². The lowest BCUT2D eigenvalue weighted by molar-refractivity contribution is -0.120. The predicted octanol–water partition coefficient (Wildman–Crippen LogP) is 1.83. The summed E-state index contributed by atoms with van der Waals surface area (Å²) >= 11 is 7.50. The molecule has 2 nitrogen and oxygen atoms in total. The zero-order chi connectivity index (χ0) is 10.5. The first-order valence-electron chi connectivity index (χ1n) is 3.85. The Bertz CT molecular complexity index is 246. The quantitative estimate of drug-likeness (QED) is 0.580. The molecule has 2 atom stereocenters. The summed E-state index contributed by atoms with van der Waals surface area (Å²) in [6, 6.07) is 0. The average Bonchev–Trinajstić information content (AvgIpc) is 2.02. The Balaban J connectivity index is 4.68. The number of hydrogen-bond acceptors (Lipinski definition) is 2. The normalized spacial score (nSPS) is 16.4. The summed E-state index contributed by atoms with van der Waals surface area (Å²) in [6.07, 6.45) is 1.88. The van der Waals surface area contributed by atoms with Gasteiger partial charge in [-0.15, -0.1) is 29.3 Å². The number of carbonyl (C=O) groups excluding carboxylic acids is 1. The van der Waals surface area contributed by atoms with Crippen LogP contribution in [0.3, 0.4) is 0 Å². The summed E-state index contributed by atoms with van der Waals surface area (Å²) in [4.78, 5) is 10.9. The van der Waals surface area contributed by atoms with Crippen molar-refractivity contribution in [3.8, 4) is 11.8 Å². The van der Waals surface area contributed by atoms with E-state index >= 15 is 0 Å². The number of amides is 1. The zero-order valence-corrected chi connectivity index (χ0v) is 9.84. The molecule has 4 heteroatoms. The van der Waals surface area contributed by atoms with Gasteiger partial charge in [-0.1, -0.05) is 5.92 Å². The third-order valence-electron chi connectivity index (χ3n) is 1.48. The van der Waals surface area contributed by atoms with Crippen molar-refractivity contribution < 1.29 is 4.79 Å². The van der Waals surface area contributed by atoms with Crippen molar-refractivity contribution in [2.75, 3.05) is 6.26 Å². The molecule has 0 saturated heterocycles. The van der Waals surface area contributed by atoms with E-state index in [1.165, 1.54) is 18.7 Å². The van der Waals surface area contributed by atoms with Crippen LogP contribution in [0.25, 0.3) is 0 Å². The monoisotopic (exact) mass is 219 g/mol. The van der Waals surface area contributed by atoms with Gasteiger partial charge in [-0.25, -0.2) is 0 Å². The highest BCUT2D eigenvalue weighted by molar-refractivity contribution is 8.00. The lowest BCUT2D eigenvalue weighted by Crippen LogP contribution is -2.49. The van der Waals surface area contributed by atoms with E-state index in [9.17, 15) is 4.79 Å². The van der Waals surface area contributed by atoms with Gasteiger partial charge in [0, 0.05) is 6.92 Å². The third-order valence-corrected chi connectivity index (χ3v) is 3.34. The second-order valence-electron chi connectivity index (χ2n) is 2.81. The molecule has 0 aliphatic heterocycles. The molecular formula is C9H14ClNOS. The highest BCUT2D eigenvalue weighted by Gasteiger charge is 2.31. The Morgan fingerprint density at radius 3 is 2.54 bits per heavy atom. The lowest BCUT2D eigenvalue weighted by Gasteiger charge is -2.28. The van der Waals surface area contributed by atoms with Crippen LogP contribution in [0.2, 0.25) is 0 Å². The summed E-state index contributed by atoms with van der Waals surface area (Å²) in [5, 5.41) is 2.74. The topological polar surface area (TPSA) is 29.1 Å². The molecule has 0 spiro atoms. The number of alkyl halides is 1. The fourth-order valence-corrected chi connectivity index (χ4v) is 1.70. The van der Waals surface area contributed by atoms with E-state index in [4.69, 9.17) is 11.6 Å². The molecule has 0 saturated carbocycles. The second-order valence-corrected chi connectivity index (χ2v) is 4.45. The Morgan fingerprint density at radius 2 is 2.23 bits per heavy atom. The molecule has 0 rings (SSSR count). The maximum absolute atomic E-state index is 10.9. The molecule has 0 aromatic carbocycles. The predicted molar refractivity (Wildman–Crippen MR) is 58.8 cm³/mol. The molecule has 1 amide bonds. The third kappa shape index (κ3) is 3.93.